The summed E-state index contributed by atoms with van der Waals surface area (Å²) in [6.45, 7) is 1.12. The lowest BCUT2D eigenvalue weighted by atomic mass is 9.89. The molecule has 5 heteroatoms. The number of hydrogen-bond acceptors (Lipinski definition) is 3. The monoisotopic (exact) mass is 406 g/mol. The van der Waals surface area contributed by atoms with Gasteiger partial charge in [-0.1, -0.05) is 36.4 Å². The van der Waals surface area contributed by atoms with Crippen molar-refractivity contribution >= 4 is 0 Å². The summed E-state index contributed by atoms with van der Waals surface area (Å²) in [6.07, 6.45) is 7.40. The van der Waals surface area contributed by atoms with Gasteiger partial charge in [-0.25, -0.2) is 4.39 Å². The number of hydrogen-bond donors (Lipinski definition) is 2. The molecule has 157 valence electrons. The van der Waals surface area contributed by atoms with Gasteiger partial charge in [0.05, 0.1) is 0 Å². The second kappa shape index (κ2) is 9.54. The van der Waals surface area contributed by atoms with Crippen molar-refractivity contribution in [2.45, 2.75) is 45.2 Å². The first kappa shape index (κ1) is 20.8. The van der Waals surface area contributed by atoms with Crippen molar-refractivity contribution in [3.8, 4) is 22.4 Å². The molecule has 0 unspecified atom stereocenters. The third-order valence-electron chi connectivity index (χ3n) is 5.98. The molecule has 4 rings (SSSR count). The molecule has 1 radical (unpaired) electrons. The van der Waals surface area contributed by atoms with E-state index in [0.717, 1.165) is 54.6 Å². The molecule has 1 aliphatic rings. The molecule has 1 heterocycles. The predicted molar refractivity (Wildman–Crippen MR) is 118 cm³/mol. The van der Waals surface area contributed by atoms with E-state index in [0.29, 0.717) is 30.1 Å². The molecule has 30 heavy (non-hydrogen) atoms. The van der Waals surface area contributed by atoms with Crippen molar-refractivity contribution in [2.24, 2.45) is 11.7 Å². The number of benzene rings is 2. The molecule has 0 bridgehead atoms. The third kappa shape index (κ3) is 4.32. The summed E-state index contributed by atoms with van der Waals surface area (Å²) >= 11 is 0. The molecular weight excluding hydrogens is 377 g/mol. The molecule has 0 spiro atoms. The van der Waals surface area contributed by atoms with Crippen LogP contribution in [0.4, 0.5) is 4.39 Å². The van der Waals surface area contributed by atoms with Gasteiger partial charge in [0.15, 0.2) is 0 Å². The number of nitrogens with zero attached hydrogens (tertiary/aromatic N) is 2. The maximum absolute atomic E-state index is 15.0. The summed E-state index contributed by atoms with van der Waals surface area (Å²) < 4.78 is 17.1. The molecule has 0 saturated heterocycles. The number of rotatable bonds is 7. The normalized spacial score (nSPS) is 14.9. The van der Waals surface area contributed by atoms with Gasteiger partial charge >= 0.3 is 0 Å². The maximum Gasteiger partial charge on any atom is 0.133 e. The smallest absolute Gasteiger partial charge is 0.133 e. The van der Waals surface area contributed by atoms with Crippen LogP contribution in [-0.2, 0) is 19.5 Å². The summed E-state index contributed by atoms with van der Waals surface area (Å²) in [7, 11) is 0. The molecule has 1 aromatic heterocycles. The summed E-state index contributed by atoms with van der Waals surface area (Å²) in [4.78, 5) is 0. The van der Waals surface area contributed by atoms with Crippen LogP contribution in [0.5, 0.6) is 0 Å². The summed E-state index contributed by atoms with van der Waals surface area (Å²) in [5.41, 5.74) is 10.4. The standard InChI is InChI=1S/C25H29FN3O/c26-22-15-19(16-27)11-12-21(22)25-24(20-9-5-2-6-10-20)23(13-14-30)29(28-25)17-18-7-3-1-4-8-18/h1-2,5-6,9-12,15,18,30H,3-4,7-8,13-14,16-17,27H2. The molecule has 3 aromatic rings. The second-order valence-electron chi connectivity index (χ2n) is 8.02. The van der Waals surface area contributed by atoms with Crippen LogP contribution in [0.25, 0.3) is 22.4 Å². The Kier molecular flexibility index (Phi) is 6.60. The van der Waals surface area contributed by atoms with E-state index in [1.165, 1.54) is 6.07 Å². The minimum absolute atomic E-state index is 0.0258. The predicted octanol–water partition coefficient (Wildman–Crippen LogP) is 4.74. The average Bonchev–Trinajstić information content (AvgIpc) is 3.12. The maximum atomic E-state index is 15.0. The molecular formula is C25H29FN3O. The van der Waals surface area contributed by atoms with Crippen LogP contribution in [0, 0.1) is 18.2 Å². The van der Waals surface area contributed by atoms with Crippen molar-refractivity contribution in [2.75, 3.05) is 6.61 Å². The Hall–Kier alpha value is -2.50. The van der Waals surface area contributed by atoms with E-state index in [-0.39, 0.29) is 12.4 Å². The zero-order valence-corrected chi connectivity index (χ0v) is 17.2. The molecule has 1 aliphatic carbocycles. The fraction of sp³-hybridized carbons (Fsp3) is 0.360. The highest BCUT2D eigenvalue weighted by Gasteiger charge is 2.24. The molecule has 1 fully saturated rings. The fourth-order valence-electron chi connectivity index (χ4n) is 4.41. The zero-order valence-electron chi connectivity index (χ0n) is 17.2. The van der Waals surface area contributed by atoms with Crippen LogP contribution >= 0.6 is 0 Å². The van der Waals surface area contributed by atoms with E-state index in [4.69, 9.17) is 10.8 Å². The Labute approximate surface area is 177 Å². The van der Waals surface area contributed by atoms with E-state index in [1.807, 2.05) is 41.1 Å². The molecule has 4 nitrogen and oxygen atoms in total. The SMILES string of the molecule is NCc1ccc(-c2nn(CC3CC[CH]CC3)c(CCO)c2-c2ccccc2)c(F)c1. The number of nitrogens with two attached hydrogens (primary N) is 1. The molecule has 1 saturated carbocycles. The summed E-state index contributed by atoms with van der Waals surface area (Å²) in [6, 6.07) is 15.1. The highest BCUT2D eigenvalue weighted by Crippen LogP contribution is 2.37. The second-order valence-corrected chi connectivity index (χ2v) is 8.02. The molecule has 3 N–H and O–H groups in total. The van der Waals surface area contributed by atoms with Crippen LogP contribution in [-0.4, -0.2) is 21.5 Å². The van der Waals surface area contributed by atoms with Gasteiger partial charge in [0, 0.05) is 42.9 Å². The number of aliphatic hydroxyl groups is 1. The minimum Gasteiger partial charge on any atom is -0.396 e. The molecule has 2 aromatic carbocycles. The largest absolute Gasteiger partial charge is 0.396 e. The quantitative estimate of drug-likeness (QED) is 0.595. The average molecular weight is 407 g/mol. The van der Waals surface area contributed by atoms with E-state index < -0.39 is 0 Å². The number of aliphatic hydroxyl groups excluding tert-OH is 1. The first-order valence-corrected chi connectivity index (χ1v) is 10.8. The van der Waals surface area contributed by atoms with E-state index in [1.54, 1.807) is 6.07 Å². The molecule has 0 aliphatic heterocycles. The number of halogens is 1. The van der Waals surface area contributed by atoms with Gasteiger partial charge in [-0.15, -0.1) is 0 Å². The highest BCUT2D eigenvalue weighted by molar-refractivity contribution is 5.83. The van der Waals surface area contributed by atoms with E-state index in [9.17, 15) is 5.11 Å². The van der Waals surface area contributed by atoms with Gasteiger partial charge < -0.3 is 10.8 Å². The van der Waals surface area contributed by atoms with Crippen molar-refractivity contribution in [1.29, 1.82) is 0 Å². The minimum atomic E-state index is -0.317. The Morgan fingerprint density at radius 2 is 1.87 bits per heavy atom. The van der Waals surface area contributed by atoms with Crippen LogP contribution < -0.4 is 5.73 Å². The lowest BCUT2D eigenvalue weighted by molar-refractivity contribution is 0.289. The van der Waals surface area contributed by atoms with Gasteiger partial charge in [-0.3, -0.25) is 4.68 Å². The zero-order chi connectivity index (χ0) is 20.9. The van der Waals surface area contributed by atoms with Crippen LogP contribution in [0.2, 0.25) is 0 Å². The van der Waals surface area contributed by atoms with Gasteiger partial charge in [-0.05, 0) is 61.3 Å². The van der Waals surface area contributed by atoms with E-state index >= 15 is 4.39 Å². The lowest BCUT2D eigenvalue weighted by Gasteiger charge is -2.22. The fourth-order valence-corrected chi connectivity index (χ4v) is 4.41. The van der Waals surface area contributed by atoms with Crippen LogP contribution in [0.15, 0.2) is 48.5 Å². The Morgan fingerprint density at radius 1 is 1.10 bits per heavy atom. The van der Waals surface area contributed by atoms with Gasteiger partial charge in [-0.2, -0.15) is 5.10 Å². The number of aromatic nitrogens is 2. The van der Waals surface area contributed by atoms with Crippen LogP contribution in [0.3, 0.4) is 0 Å². The first-order chi connectivity index (χ1) is 14.7. The summed E-state index contributed by atoms with van der Waals surface area (Å²) in [5.74, 6) is 0.232. The Bertz CT molecular complexity index is 978. The molecule has 0 amide bonds. The third-order valence-corrected chi connectivity index (χ3v) is 5.98. The summed E-state index contributed by atoms with van der Waals surface area (Å²) in [5, 5.41) is 14.7. The van der Waals surface area contributed by atoms with Crippen molar-refractivity contribution in [1.82, 2.24) is 9.78 Å². The Balaban J connectivity index is 1.86. The van der Waals surface area contributed by atoms with E-state index in [2.05, 4.69) is 6.42 Å². The van der Waals surface area contributed by atoms with Crippen LogP contribution in [0.1, 0.15) is 36.9 Å². The van der Waals surface area contributed by atoms with Crippen molar-refractivity contribution in [3.05, 3.63) is 72.0 Å². The Morgan fingerprint density at radius 3 is 2.53 bits per heavy atom. The van der Waals surface area contributed by atoms with Gasteiger partial charge in [0.1, 0.15) is 11.5 Å². The van der Waals surface area contributed by atoms with Crippen molar-refractivity contribution in [3.63, 3.8) is 0 Å². The molecule has 0 atom stereocenters. The highest BCUT2D eigenvalue weighted by atomic mass is 19.1. The first-order valence-electron chi connectivity index (χ1n) is 10.8. The van der Waals surface area contributed by atoms with Gasteiger partial charge in [0.25, 0.3) is 0 Å². The lowest BCUT2D eigenvalue weighted by Crippen LogP contribution is -2.17. The van der Waals surface area contributed by atoms with Crippen molar-refractivity contribution < 1.29 is 9.50 Å². The topological polar surface area (TPSA) is 64.1 Å². The van der Waals surface area contributed by atoms with Gasteiger partial charge in [0.2, 0.25) is 0 Å².